The Balaban J connectivity index is 1.56. The molecule has 6 unspecified atom stereocenters. The van der Waals surface area contributed by atoms with Crippen LogP contribution in [0.2, 0.25) is 0 Å². The Bertz CT molecular complexity index is 2250. The third kappa shape index (κ3) is 20.0. The van der Waals surface area contributed by atoms with E-state index in [0.717, 1.165) is 6.07 Å². The van der Waals surface area contributed by atoms with E-state index in [1.807, 2.05) is 0 Å². The standard InChI is InChI=1S/C49H67N9O18/c1-56-7-9-57(40(48(73)74)17-43(68)54-34-13-28(42(67)6-5-36(63)24-59)11-29(14-34)45(70)50-19-37(64)25-60)22-32-3-2-4-33(53-32)23-58(10-8-56)41(49(75)76)18-44(69)55-35-15-30(46(71)51-20-38(65)26-61)12-31(16-35)47(72)52-21-39(66)27-62/h2-4,11-16,36-41,59-66H,5-10,17-27H2,1H3,(H,50,70)(H,51,71)(H,52,72)(H,54,68)(H,55,69)(H,73,74)(H,75,76). The number of Topliss-reactive ketones (excluding diaryl/α,β-unsaturated/α-hetero) is 1. The molecule has 0 aliphatic carbocycles. The zero-order valence-corrected chi connectivity index (χ0v) is 41.7. The van der Waals surface area contributed by atoms with E-state index in [4.69, 9.17) is 10.2 Å². The number of ketones is 1. The monoisotopic (exact) mass is 1070 g/mol. The van der Waals surface area contributed by atoms with Crippen molar-refractivity contribution in [3.8, 4) is 0 Å². The number of hydrogen-bond acceptors (Lipinski definition) is 20. The third-order valence-electron chi connectivity index (χ3n) is 11.9. The Morgan fingerprint density at radius 3 is 1.28 bits per heavy atom. The zero-order chi connectivity index (χ0) is 56.1. The van der Waals surface area contributed by atoms with Gasteiger partial charge < -0.3 is 82.5 Å². The number of nitrogens with one attached hydrogen (secondary N) is 5. The molecule has 0 saturated heterocycles. The van der Waals surface area contributed by atoms with E-state index in [1.165, 1.54) is 40.1 Å². The highest BCUT2D eigenvalue weighted by atomic mass is 16.4. The number of hydrogen-bond donors (Lipinski definition) is 15. The van der Waals surface area contributed by atoms with Crippen molar-refractivity contribution in [1.29, 1.82) is 0 Å². The fraction of sp³-hybridized carbons (Fsp3) is 0.490. The van der Waals surface area contributed by atoms with Crippen LogP contribution in [0.3, 0.4) is 0 Å². The fourth-order valence-corrected chi connectivity index (χ4v) is 7.66. The molecule has 3 aromatic rings. The highest BCUT2D eigenvalue weighted by Gasteiger charge is 2.32. The van der Waals surface area contributed by atoms with Crippen LogP contribution in [0.25, 0.3) is 0 Å². The van der Waals surface area contributed by atoms with E-state index in [-0.39, 0.29) is 105 Å². The third-order valence-corrected chi connectivity index (χ3v) is 11.9. The number of benzene rings is 2. The number of carbonyl (C=O) groups excluding carboxylic acids is 6. The average Bonchev–Trinajstić information content (AvgIpc) is 3.40. The molecule has 27 heteroatoms. The molecule has 15 N–H and O–H groups in total. The van der Waals surface area contributed by atoms with Gasteiger partial charge in [-0.15, -0.1) is 0 Å². The predicted molar refractivity (Wildman–Crippen MR) is 268 cm³/mol. The van der Waals surface area contributed by atoms with Gasteiger partial charge in [0.1, 0.15) is 12.1 Å². The minimum Gasteiger partial charge on any atom is -0.480 e. The minimum atomic E-state index is -1.47. The molecule has 1 aliphatic heterocycles. The first-order chi connectivity index (χ1) is 36.1. The quantitative estimate of drug-likeness (QED) is 0.0325. The molecule has 0 spiro atoms. The van der Waals surface area contributed by atoms with Crippen LogP contribution in [0.15, 0.2) is 54.6 Å². The van der Waals surface area contributed by atoms with Crippen LogP contribution in [0, 0.1) is 0 Å². The average molecular weight is 1070 g/mol. The molecule has 4 rings (SSSR count). The number of aliphatic hydroxyl groups excluding tert-OH is 8. The normalized spacial score (nSPS) is 16.0. The van der Waals surface area contributed by atoms with Gasteiger partial charge in [0.05, 0.1) is 75.1 Å². The molecular formula is C49H67N9O18. The molecule has 5 amide bonds. The first kappa shape index (κ1) is 61.7. The summed E-state index contributed by atoms with van der Waals surface area (Å²) < 4.78 is 0. The molecule has 2 heterocycles. The Morgan fingerprint density at radius 2 is 0.908 bits per heavy atom. The summed E-state index contributed by atoms with van der Waals surface area (Å²) in [5.41, 5.74) is 0.0175. The summed E-state index contributed by atoms with van der Waals surface area (Å²) in [4.78, 5) is 115. The van der Waals surface area contributed by atoms with E-state index in [1.54, 1.807) is 30.1 Å². The van der Waals surface area contributed by atoms with Crippen LogP contribution in [0.4, 0.5) is 11.4 Å². The van der Waals surface area contributed by atoms with E-state index in [0.29, 0.717) is 11.4 Å². The van der Waals surface area contributed by atoms with Gasteiger partial charge in [-0.3, -0.25) is 53.1 Å². The highest BCUT2D eigenvalue weighted by molar-refractivity contribution is 6.05. The van der Waals surface area contributed by atoms with Gasteiger partial charge in [0.25, 0.3) is 17.7 Å². The number of carboxylic acids is 2. The topological polar surface area (TPSA) is 422 Å². The first-order valence-corrected chi connectivity index (χ1v) is 24.1. The van der Waals surface area contributed by atoms with Crippen LogP contribution >= 0.6 is 0 Å². The summed E-state index contributed by atoms with van der Waals surface area (Å²) in [6, 6.07) is 9.19. The number of aliphatic hydroxyl groups is 8. The smallest absolute Gasteiger partial charge is 0.321 e. The number of pyridine rings is 1. The van der Waals surface area contributed by atoms with Gasteiger partial charge in [-0.1, -0.05) is 6.07 Å². The van der Waals surface area contributed by atoms with Crippen LogP contribution in [0.5, 0.6) is 0 Å². The maximum absolute atomic E-state index is 13.7. The lowest BCUT2D eigenvalue weighted by Crippen LogP contribution is -2.48. The Hall–Kier alpha value is -6.89. The number of anilines is 2. The van der Waals surface area contributed by atoms with Gasteiger partial charge in [0.15, 0.2) is 5.78 Å². The lowest BCUT2D eigenvalue weighted by molar-refractivity contribution is -0.145. The summed E-state index contributed by atoms with van der Waals surface area (Å²) in [6.45, 7) is -3.38. The van der Waals surface area contributed by atoms with Crippen molar-refractivity contribution < 1.29 is 89.4 Å². The number of likely N-dealkylation sites (N-methyl/N-ethyl adjacent to an activating group) is 1. The summed E-state index contributed by atoms with van der Waals surface area (Å²) in [5, 5.41) is 109. The number of nitrogens with zero attached hydrogens (tertiary/aromatic N) is 4. The second kappa shape index (κ2) is 30.6. The molecule has 1 aliphatic rings. The molecule has 2 aromatic carbocycles. The van der Waals surface area contributed by atoms with Crippen molar-refractivity contribution in [2.24, 2.45) is 0 Å². The van der Waals surface area contributed by atoms with E-state index in [9.17, 15) is 79.2 Å². The number of amides is 5. The van der Waals surface area contributed by atoms with Gasteiger partial charge in [0.2, 0.25) is 11.8 Å². The molecule has 0 fully saturated rings. The van der Waals surface area contributed by atoms with Crippen molar-refractivity contribution in [3.63, 3.8) is 0 Å². The van der Waals surface area contributed by atoms with Crippen molar-refractivity contribution in [2.45, 2.75) is 75.3 Å². The summed E-state index contributed by atoms with van der Waals surface area (Å²) in [6.07, 6.45) is -6.72. The number of carboxylic acid groups (broad SMARTS) is 2. The number of rotatable bonds is 27. The van der Waals surface area contributed by atoms with Crippen LogP contribution in [-0.4, -0.2) is 234 Å². The van der Waals surface area contributed by atoms with Crippen LogP contribution < -0.4 is 26.6 Å². The van der Waals surface area contributed by atoms with Crippen molar-refractivity contribution in [1.82, 2.24) is 35.6 Å². The second-order valence-corrected chi connectivity index (χ2v) is 18.1. The molecule has 416 valence electrons. The van der Waals surface area contributed by atoms with Gasteiger partial charge >= 0.3 is 11.9 Å². The maximum atomic E-state index is 13.7. The largest absolute Gasteiger partial charge is 0.480 e. The molecule has 27 nitrogen and oxygen atoms in total. The first-order valence-electron chi connectivity index (χ1n) is 24.1. The van der Waals surface area contributed by atoms with E-state index in [2.05, 4.69) is 31.6 Å². The summed E-state index contributed by atoms with van der Waals surface area (Å²) in [5.74, 6) is -7.33. The Labute approximate surface area is 436 Å². The van der Waals surface area contributed by atoms with Gasteiger partial charge in [0, 0.05) is 99.0 Å². The molecule has 2 bridgehead atoms. The number of aromatic nitrogens is 1. The fourth-order valence-electron chi connectivity index (χ4n) is 7.66. The molecular weight excluding hydrogens is 1000 g/mol. The number of aliphatic carboxylic acids is 2. The van der Waals surface area contributed by atoms with Crippen LogP contribution in [-0.2, 0) is 32.3 Å². The lowest BCUT2D eigenvalue weighted by atomic mass is 10.0. The second-order valence-electron chi connectivity index (χ2n) is 18.1. The van der Waals surface area contributed by atoms with Crippen LogP contribution in [0.1, 0.15) is 78.5 Å². The molecule has 1 aromatic heterocycles. The Kier molecular flexibility index (Phi) is 24.8. The SMILES string of the molecule is CN1CCN(C(CC(=O)Nc2cc(C(=O)CCC(O)CO)cc(C(=O)NCC(O)CO)c2)C(=O)O)Cc2cccc(n2)CN(C(CC(=O)Nc2cc(C(=O)NCC(O)CO)cc(C(=O)NCC(O)CO)c2)C(=O)O)CC1. The Morgan fingerprint density at radius 1 is 0.539 bits per heavy atom. The number of fused-ring (bicyclic) bond motifs is 2. The minimum absolute atomic E-state index is 0.0440. The van der Waals surface area contributed by atoms with Gasteiger partial charge in [-0.2, -0.15) is 0 Å². The van der Waals surface area contributed by atoms with Crippen molar-refractivity contribution >= 4 is 58.6 Å². The molecule has 76 heavy (non-hydrogen) atoms. The molecule has 0 radical (unpaired) electrons. The van der Waals surface area contributed by atoms with Gasteiger partial charge in [-0.05, 0) is 62.0 Å². The van der Waals surface area contributed by atoms with Gasteiger partial charge in [-0.25, -0.2) is 0 Å². The maximum Gasteiger partial charge on any atom is 0.321 e. The highest BCUT2D eigenvalue weighted by Crippen LogP contribution is 2.22. The van der Waals surface area contributed by atoms with Crippen molar-refractivity contribution in [3.05, 3.63) is 88.2 Å². The summed E-state index contributed by atoms with van der Waals surface area (Å²) >= 11 is 0. The lowest BCUT2D eigenvalue weighted by Gasteiger charge is -2.33. The summed E-state index contributed by atoms with van der Waals surface area (Å²) in [7, 11) is 1.70. The predicted octanol–water partition coefficient (Wildman–Crippen LogP) is -3.84. The zero-order valence-electron chi connectivity index (χ0n) is 41.7. The van der Waals surface area contributed by atoms with E-state index >= 15 is 0 Å². The number of carbonyl (C=O) groups is 8. The van der Waals surface area contributed by atoms with E-state index < -0.39 is 123 Å². The molecule has 0 saturated carbocycles. The molecule has 6 atom stereocenters. The van der Waals surface area contributed by atoms with Crippen molar-refractivity contribution in [2.75, 3.05) is 89.9 Å².